The zero-order chi connectivity index (χ0) is 20.8. The number of nitrogens with one attached hydrogen (secondary N) is 1. The van der Waals surface area contributed by atoms with E-state index in [4.69, 9.17) is 9.47 Å². The molecule has 0 radical (unpaired) electrons. The van der Waals surface area contributed by atoms with Gasteiger partial charge in [0.1, 0.15) is 19.3 Å². The van der Waals surface area contributed by atoms with Crippen molar-refractivity contribution in [1.29, 1.82) is 0 Å². The van der Waals surface area contributed by atoms with Crippen molar-refractivity contribution in [2.75, 3.05) is 12.4 Å². The summed E-state index contributed by atoms with van der Waals surface area (Å²) >= 11 is 0. The van der Waals surface area contributed by atoms with Crippen LogP contribution in [0.15, 0.2) is 79.6 Å². The first-order valence-electron chi connectivity index (χ1n) is 9.19. The van der Waals surface area contributed by atoms with E-state index < -0.39 is 0 Å². The van der Waals surface area contributed by atoms with Crippen LogP contribution in [-0.4, -0.2) is 32.8 Å². The molecule has 4 aromatic rings. The number of anilines is 1. The number of amides is 1. The number of methoxy groups -OCH3 is 1. The number of aromatic nitrogens is 4. The predicted octanol–water partition coefficient (Wildman–Crippen LogP) is 3.50. The topological polar surface area (TPSA) is 91.2 Å². The molecule has 4 rings (SSSR count). The molecule has 2 aromatic carbocycles. The van der Waals surface area contributed by atoms with Crippen LogP contribution < -0.4 is 14.8 Å². The van der Waals surface area contributed by atoms with Crippen LogP contribution in [0.1, 0.15) is 15.9 Å². The molecule has 150 valence electrons. The Kier molecular flexibility index (Phi) is 5.66. The molecular formula is C22H19N5O3. The largest absolute Gasteiger partial charge is 0.493 e. The smallest absolute Gasteiger partial charge is 0.255 e. The molecule has 8 nitrogen and oxygen atoms in total. The van der Waals surface area contributed by atoms with E-state index in [0.29, 0.717) is 29.4 Å². The van der Waals surface area contributed by atoms with Crippen LogP contribution in [0.2, 0.25) is 0 Å². The number of hydrogen-bond acceptors (Lipinski definition) is 6. The standard InChI is InChI=1S/C22H19N5O3/c1-29-20-8-7-18(11-21(20)30-13-16-4-3-9-23-12-16)26-22(28)17-5-2-6-19(10-17)27-15-24-14-25-27/h2-12,14-15H,13H2,1H3,(H,26,28). The van der Waals surface area contributed by atoms with Crippen LogP contribution in [0, 0.1) is 0 Å². The van der Waals surface area contributed by atoms with Crippen LogP contribution in [0.5, 0.6) is 11.5 Å². The van der Waals surface area contributed by atoms with E-state index in [9.17, 15) is 4.79 Å². The van der Waals surface area contributed by atoms with Gasteiger partial charge in [-0.3, -0.25) is 9.78 Å². The van der Waals surface area contributed by atoms with Gasteiger partial charge in [0.15, 0.2) is 11.5 Å². The Bertz CT molecular complexity index is 1130. The lowest BCUT2D eigenvalue weighted by atomic mass is 10.2. The van der Waals surface area contributed by atoms with Gasteiger partial charge in [-0.15, -0.1) is 0 Å². The van der Waals surface area contributed by atoms with Crippen molar-refractivity contribution in [2.24, 2.45) is 0 Å². The Morgan fingerprint density at radius 1 is 1.07 bits per heavy atom. The van der Waals surface area contributed by atoms with Crippen molar-refractivity contribution < 1.29 is 14.3 Å². The minimum absolute atomic E-state index is 0.250. The Morgan fingerprint density at radius 3 is 2.77 bits per heavy atom. The van der Waals surface area contributed by atoms with Crippen molar-refractivity contribution in [1.82, 2.24) is 19.7 Å². The van der Waals surface area contributed by atoms with Gasteiger partial charge < -0.3 is 14.8 Å². The molecular weight excluding hydrogens is 382 g/mol. The van der Waals surface area contributed by atoms with E-state index in [-0.39, 0.29) is 5.91 Å². The fourth-order valence-electron chi connectivity index (χ4n) is 2.85. The summed E-state index contributed by atoms with van der Waals surface area (Å²) in [5.41, 5.74) is 2.76. The van der Waals surface area contributed by atoms with Crippen LogP contribution in [0.4, 0.5) is 5.69 Å². The number of pyridine rings is 1. The first-order chi connectivity index (χ1) is 14.7. The third kappa shape index (κ3) is 4.44. The van der Waals surface area contributed by atoms with E-state index >= 15 is 0 Å². The SMILES string of the molecule is COc1ccc(NC(=O)c2cccc(-n3cncn3)c2)cc1OCc1cccnc1. The number of hydrogen-bond donors (Lipinski definition) is 1. The molecule has 0 saturated heterocycles. The minimum atomic E-state index is -0.250. The summed E-state index contributed by atoms with van der Waals surface area (Å²) in [4.78, 5) is 20.7. The number of ether oxygens (including phenoxy) is 2. The second-order valence-electron chi connectivity index (χ2n) is 6.36. The molecule has 2 aromatic heterocycles. The molecule has 0 fully saturated rings. The van der Waals surface area contributed by atoms with Gasteiger partial charge in [-0.1, -0.05) is 12.1 Å². The first kappa shape index (κ1) is 19.1. The first-order valence-corrected chi connectivity index (χ1v) is 9.19. The molecule has 0 spiro atoms. The second-order valence-corrected chi connectivity index (χ2v) is 6.36. The van der Waals surface area contributed by atoms with E-state index in [2.05, 4.69) is 20.4 Å². The maximum Gasteiger partial charge on any atom is 0.255 e. The maximum atomic E-state index is 12.7. The molecule has 1 amide bonds. The lowest BCUT2D eigenvalue weighted by Crippen LogP contribution is -2.12. The normalized spacial score (nSPS) is 10.4. The average Bonchev–Trinajstić information content (AvgIpc) is 3.34. The Labute approximate surface area is 173 Å². The molecule has 0 atom stereocenters. The average molecular weight is 401 g/mol. The number of carbonyl (C=O) groups excluding carboxylic acids is 1. The van der Waals surface area contributed by atoms with Gasteiger partial charge in [0.05, 0.1) is 12.8 Å². The summed E-state index contributed by atoms with van der Waals surface area (Å²) in [6.07, 6.45) is 6.46. The highest BCUT2D eigenvalue weighted by Crippen LogP contribution is 2.31. The fraction of sp³-hybridized carbons (Fsp3) is 0.0909. The van der Waals surface area contributed by atoms with Gasteiger partial charge in [-0.25, -0.2) is 9.67 Å². The molecule has 30 heavy (non-hydrogen) atoms. The monoisotopic (exact) mass is 401 g/mol. The van der Waals surface area contributed by atoms with Gasteiger partial charge in [0, 0.05) is 35.3 Å². The van der Waals surface area contributed by atoms with Crippen LogP contribution in [-0.2, 0) is 6.61 Å². The lowest BCUT2D eigenvalue weighted by Gasteiger charge is -2.13. The van der Waals surface area contributed by atoms with Crippen molar-refractivity contribution >= 4 is 11.6 Å². The summed E-state index contributed by atoms with van der Waals surface area (Å²) < 4.78 is 12.8. The molecule has 2 heterocycles. The van der Waals surface area contributed by atoms with Crippen molar-refractivity contribution in [3.05, 3.63) is 90.8 Å². The zero-order valence-electron chi connectivity index (χ0n) is 16.2. The fourth-order valence-corrected chi connectivity index (χ4v) is 2.85. The summed E-state index contributed by atoms with van der Waals surface area (Å²) in [6.45, 7) is 0.335. The summed E-state index contributed by atoms with van der Waals surface area (Å²) in [5, 5.41) is 6.97. The molecule has 8 heteroatoms. The lowest BCUT2D eigenvalue weighted by molar-refractivity contribution is 0.102. The third-order valence-electron chi connectivity index (χ3n) is 4.33. The molecule has 0 bridgehead atoms. The Morgan fingerprint density at radius 2 is 2.00 bits per heavy atom. The minimum Gasteiger partial charge on any atom is -0.493 e. The number of rotatable bonds is 7. The molecule has 0 aliphatic heterocycles. The van der Waals surface area contributed by atoms with Gasteiger partial charge >= 0.3 is 0 Å². The van der Waals surface area contributed by atoms with E-state index in [1.807, 2.05) is 18.2 Å². The Balaban J connectivity index is 1.50. The summed E-state index contributed by atoms with van der Waals surface area (Å²) in [5.74, 6) is 0.848. The predicted molar refractivity (Wildman–Crippen MR) is 111 cm³/mol. The van der Waals surface area contributed by atoms with Gasteiger partial charge in [0.25, 0.3) is 5.91 Å². The molecule has 1 N–H and O–H groups in total. The highest BCUT2D eigenvalue weighted by molar-refractivity contribution is 6.04. The number of carbonyl (C=O) groups is 1. The van der Waals surface area contributed by atoms with E-state index in [0.717, 1.165) is 11.3 Å². The molecule has 0 saturated carbocycles. The maximum absolute atomic E-state index is 12.7. The number of benzene rings is 2. The van der Waals surface area contributed by atoms with Gasteiger partial charge in [-0.2, -0.15) is 5.10 Å². The molecule has 0 aliphatic carbocycles. The van der Waals surface area contributed by atoms with E-state index in [1.165, 1.54) is 6.33 Å². The van der Waals surface area contributed by atoms with Crippen molar-refractivity contribution in [3.8, 4) is 17.2 Å². The highest BCUT2D eigenvalue weighted by Gasteiger charge is 2.11. The zero-order valence-corrected chi connectivity index (χ0v) is 16.2. The molecule has 0 aliphatic rings. The summed E-state index contributed by atoms with van der Waals surface area (Å²) in [6, 6.07) is 16.1. The van der Waals surface area contributed by atoms with Crippen molar-refractivity contribution in [3.63, 3.8) is 0 Å². The quantitative estimate of drug-likeness (QED) is 0.510. The van der Waals surface area contributed by atoms with Gasteiger partial charge in [0.2, 0.25) is 0 Å². The highest BCUT2D eigenvalue weighted by atomic mass is 16.5. The van der Waals surface area contributed by atoms with Crippen LogP contribution >= 0.6 is 0 Å². The number of nitrogens with zero attached hydrogens (tertiary/aromatic N) is 4. The van der Waals surface area contributed by atoms with Gasteiger partial charge in [-0.05, 0) is 36.4 Å². The van der Waals surface area contributed by atoms with Crippen LogP contribution in [0.25, 0.3) is 5.69 Å². The van der Waals surface area contributed by atoms with E-state index in [1.54, 1.807) is 66.9 Å². The van der Waals surface area contributed by atoms with Crippen molar-refractivity contribution in [2.45, 2.75) is 6.61 Å². The Hall–Kier alpha value is -4.20. The van der Waals surface area contributed by atoms with Crippen LogP contribution in [0.3, 0.4) is 0 Å². The second kappa shape index (κ2) is 8.87. The molecule has 0 unspecified atom stereocenters. The summed E-state index contributed by atoms with van der Waals surface area (Å²) in [7, 11) is 1.57. The third-order valence-corrected chi connectivity index (χ3v) is 4.33.